The first-order chi connectivity index (χ1) is 8.66. The lowest BCUT2D eigenvalue weighted by Gasteiger charge is -2.38. The third-order valence-corrected chi connectivity index (χ3v) is 3.83. The van der Waals surface area contributed by atoms with Gasteiger partial charge in [-0.1, -0.05) is 0 Å². The maximum absolute atomic E-state index is 12.2. The highest BCUT2D eigenvalue weighted by molar-refractivity contribution is 5.76. The molecule has 2 heterocycles. The minimum absolute atomic E-state index is 0.294. The van der Waals surface area contributed by atoms with E-state index < -0.39 is 0 Å². The highest BCUT2D eigenvalue weighted by Gasteiger charge is 2.26. The van der Waals surface area contributed by atoms with Crippen molar-refractivity contribution < 1.29 is 9.53 Å². The van der Waals surface area contributed by atoms with E-state index in [4.69, 9.17) is 4.74 Å². The van der Waals surface area contributed by atoms with E-state index in [1.54, 1.807) is 0 Å². The molecule has 0 aromatic rings. The number of hydrogen-bond acceptors (Lipinski definition) is 4. The van der Waals surface area contributed by atoms with Gasteiger partial charge >= 0.3 is 0 Å². The second-order valence-corrected chi connectivity index (χ2v) is 5.41. The van der Waals surface area contributed by atoms with Gasteiger partial charge in [0.15, 0.2) is 0 Å². The number of amides is 1. The van der Waals surface area contributed by atoms with E-state index >= 15 is 0 Å². The van der Waals surface area contributed by atoms with Crippen LogP contribution in [0, 0.1) is 0 Å². The number of morpholine rings is 1. The van der Waals surface area contributed by atoms with Crippen LogP contribution < -0.4 is 5.32 Å². The number of carbonyl (C=O) groups excluding carboxylic acids is 1. The summed E-state index contributed by atoms with van der Waals surface area (Å²) in [5.74, 6) is 0.294. The predicted octanol–water partition coefficient (Wildman–Crippen LogP) is -0.0825. The maximum atomic E-state index is 12.2. The number of nitrogens with one attached hydrogen (secondary N) is 1. The van der Waals surface area contributed by atoms with Crippen LogP contribution in [0.25, 0.3) is 0 Å². The van der Waals surface area contributed by atoms with Gasteiger partial charge < -0.3 is 15.0 Å². The van der Waals surface area contributed by atoms with Crippen LogP contribution in [0.1, 0.15) is 20.3 Å². The van der Waals surface area contributed by atoms with Gasteiger partial charge in [0.2, 0.25) is 5.91 Å². The summed E-state index contributed by atoms with van der Waals surface area (Å²) in [5, 5.41) is 3.40. The molecule has 0 aromatic heterocycles. The van der Waals surface area contributed by atoms with Crippen molar-refractivity contribution in [2.75, 3.05) is 45.9 Å². The minimum Gasteiger partial charge on any atom is -0.379 e. The van der Waals surface area contributed by atoms with Crippen LogP contribution in [0.5, 0.6) is 0 Å². The van der Waals surface area contributed by atoms with Crippen LogP contribution in [0.4, 0.5) is 0 Å². The van der Waals surface area contributed by atoms with Crippen molar-refractivity contribution in [1.82, 2.24) is 15.1 Å². The van der Waals surface area contributed by atoms with Gasteiger partial charge in [-0.05, 0) is 13.8 Å². The van der Waals surface area contributed by atoms with Crippen LogP contribution in [-0.2, 0) is 9.53 Å². The summed E-state index contributed by atoms with van der Waals surface area (Å²) in [4.78, 5) is 16.6. The first-order valence-corrected chi connectivity index (χ1v) is 7.00. The summed E-state index contributed by atoms with van der Waals surface area (Å²) >= 11 is 0. The molecule has 0 aromatic carbocycles. The number of nitrogens with zero attached hydrogens (tertiary/aromatic N) is 2. The van der Waals surface area contributed by atoms with E-state index in [0.717, 1.165) is 45.9 Å². The van der Waals surface area contributed by atoms with Crippen molar-refractivity contribution in [1.29, 1.82) is 0 Å². The zero-order valence-corrected chi connectivity index (χ0v) is 11.5. The van der Waals surface area contributed by atoms with Gasteiger partial charge in [-0.25, -0.2) is 0 Å². The molecule has 0 bridgehead atoms. The molecule has 0 spiro atoms. The molecule has 0 saturated carbocycles. The summed E-state index contributed by atoms with van der Waals surface area (Å²) in [5.41, 5.74) is 0. The van der Waals surface area contributed by atoms with Crippen LogP contribution in [0.2, 0.25) is 0 Å². The van der Waals surface area contributed by atoms with Gasteiger partial charge in [-0.2, -0.15) is 0 Å². The Morgan fingerprint density at radius 3 is 2.78 bits per heavy atom. The van der Waals surface area contributed by atoms with E-state index in [0.29, 0.717) is 24.4 Å². The third kappa shape index (κ3) is 3.67. The molecular weight excluding hydrogens is 230 g/mol. The first-order valence-electron chi connectivity index (χ1n) is 7.00. The lowest BCUT2D eigenvalue weighted by atomic mass is 10.1. The lowest BCUT2D eigenvalue weighted by molar-refractivity contribution is -0.135. The molecule has 2 atom stereocenters. The van der Waals surface area contributed by atoms with E-state index in [1.807, 2.05) is 4.90 Å². The average molecular weight is 255 g/mol. The third-order valence-electron chi connectivity index (χ3n) is 3.83. The molecule has 2 fully saturated rings. The number of carbonyl (C=O) groups is 1. The monoisotopic (exact) mass is 255 g/mol. The topological polar surface area (TPSA) is 44.8 Å². The largest absolute Gasteiger partial charge is 0.379 e. The molecule has 5 heteroatoms. The number of rotatable bonds is 3. The fourth-order valence-electron chi connectivity index (χ4n) is 2.59. The van der Waals surface area contributed by atoms with Gasteiger partial charge in [0.25, 0.3) is 0 Å². The Kier molecular flexibility index (Phi) is 4.97. The first kappa shape index (κ1) is 13.8. The van der Waals surface area contributed by atoms with Crippen molar-refractivity contribution in [3.8, 4) is 0 Å². The molecule has 104 valence electrons. The molecule has 2 unspecified atom stereocenters. The average Bonchev–Trinajstić information content (AvgIpc) is 2.40. The predicted molar refractivity (Wildman–Crippen MR) is 70.5 cm³/mol. The van der Waals surface area contributed by atoms with Crippen molar-refractivity contribution in [2.24, 2.45) is 0 Å². The molecule has 0 radical (unpaired) electrons. The Morgan fingerprint density at radius 2 is 2.06 bits per heavy atom. The van der Waals surface area contributed by atoms with Crippen LogP contribution in [0.15, 0.2) is 0 Å². The number of piperazine rings is 1. The van der Waals surface area contributed by atoms with Gasteiger partial charge in [0.1, 0.15) is 0 Å². The molecular formula is C13H25N3O2. The Bertz CT molecular complexity index is 279. The molecule has 2 rings (SSSR count). The second-order valence-electron chi connectivity index (χ2n) is 5.41. The molecule has 18 heavy (non-hydrogen) atoms. The second kappa shape index (κ2) is 6.50. The lowest BCUT2D eigenvalue weighted by Crippen LogP contribution is -2.56. The summed E-state index contributed by atoms with van der Waals surface area (Å²) in [6.07, 6.45) is 0.636. The fourth-order valence-corrected chi connectivity index (χ4v) is 2.59. The van der Waals surface area contributed by atoms with Crippen molar-refractivity contribution in [3.05, 3.63) is 0 Å². The zero-order valence-electron chi connectivity index (χ0n) is 11.5. The van der Waals surface area contributed by atoms with E-state index in [1.165, 1.54) is 0 Å². The number of hydrogen-bond donors (Lipinski definition) is 1. The van der Waals surface area contributed by atoms with Crippen LogP contribution in [0.3, 0.4) is 0 Å². The Hall–Kier alpha value is -0.650. The van der Waals surface area contributed by atoms with Crippen molar-refractivity contribution in [2.45, 2.75) is 32.4 Å². The van der Waals surface area contributed by atoms with Gasteiger partial charge in [-0.15, -0.1) is 0 Å². The molecule has 1 N–H and O–H groups in total. The smallest absolute Gasteiger partial charge is 0.224 e. The fraction of sp³-hybridized carbons (Fsp3) is 0.923. The summed E-state index contributed by atoms with van der Waals surface area (Å²) in [6.45, 7) is 10.4. The molecule has 1 amide bonds. The molecule has 5 nitrogen and oxygen atoms in total. The number of ether oxygens (including phenoxy) is 1. The van der Waals surface area contributed by atoms with Crippen molar-refractivity contribution in [3.63, 3.8) is 0 Å². The summed E-state index contributed by atoms with van der Waals surface area (Å²) < 4.78 is 5.31. The van der Waals surface area contributed by atoms with Crippen LogP contribution >= 0.6 is 0 Å². The van der Waals surface area contributed by atoms with Crippen molar-refractivity contribution >= 4 is 5.91 Å². The Balaban J connectivity index is 1.75. The maximum Gasteiger partial charge on any atom is 0.224 e. The Labute approximate surface area is 109 Å². The molecule has 2 aliphatic rings. The summed E-state index contributed by atoms with van der Waals surface area (Å²) in [7, 11) is 0. The van der Waals surface area contributed by atoms with E-state index in [2.05, 4.69) is 24.1 Å². The standard InChI is InChI=1S/C13H25N3O2/c1-11-10-16(12(2)9-14-11)13(17)3-4-15-5-7-18-8-6-15/h11-12,14H,3-10H2,1-2H3. The Morgan fingerprint density at radius 1 is 1.33 bits per heavy atom. The van der Waals surface area contributed by atoms with Gasteiger partial charge in [-0.3, -0.25) is 9.69 Å². The normalized spacial score (nSPS) is 30.4. The highest BCUT2D eigenvalue weighted by Crippen LogP contribution is 2.09. The van der Waals surface area contributed by atoms with E-state index in [9.17, 15) is 4.79 Å². The SMILES string of the molecule is CC1CN(C(=O)CCN2CCOCC2)C(C)CN1. The zero-order chi connectivity index (χ0) is 13.0. The van der Waals surface area contributed by atoms with Crippen LogP contribution in [-0.4, -0.2) is 73.7 Å². The minimum atomic E-state index is 0.294. The quantitative estimate of drug-likeness (QED) is 0.766. The van der Waals surface area contributed by atoms with E-state index in [-0.39, 0.29) is 0 Å². The van der Waals surface area contributed by atoms with Gasteiger partial charge in [0.05, 0.1) is 13.2 Å². The highest BCUT2D eigenvalue weighted by atomic mass is 16.5. The molecule has 2 saturated heterocycles. The summed E-state index contributed by atoms with van der Waals surface area (Å²) in [6, 6.07) is 0.729. The molecule has 2 aliphatic heterocycles. The van der Waals surface area contributed by atoms with Gasteiger partial charge in [0, 0.05) is 51.2 Å². The molecule has 0 aliphatic carbocycles.